The minimum absolute atomic E-state index is 0.186. The van der Waals surface area contributed by atoms with E-state index < -0.39 is 0 Å². The number of nitrogens with one attached hydrogen (secondary N) is 2. The van der Waals surface area contributed by atoms with Crippen molar-refractivity contribution in [2.45, 2.75) is 33.1 Å². The number of carbonyl (C=O) groups excluding carboxylic acids is 1. The highest BCUT2D eigenvalue weighted by Crippen LogP contribution is 2.35. The van der Waals surface area contributed by atoms with Gasteiger partial charge < -0.3 is 5.32 Å². The van der Waals surface area contributed by atoms with Gasteiger partial charge >= 0.3 is 0 Å². The normalized spacial score (nSPS) is 11.2. The number of carbonyl (C=O) groups is 1. The third-order valence-corrected chi connectivity index (χ3v) is 7.81. The van der Waals surface area contributed by atoms with Crippen molar-refractivity contribution < 1.29 is 4.79 Å². The molecule has 0 aliphatic rings. The molecule has 0 aliphatic heterocycles. The van der Waals surface area contributed by atoms with E-state index in [2.05, 4.69) is 39.9 Å². The molecule has 5 aromatic rings. The van der Waals surface area contributed by atoms with Crippen molar-refractivity contribution >= 4 is 73.0 Å². The molecule has 1 amide bonds. The number of nitrogens with zero attached hydrogens (tertiary/aromatic N) is 3. The molecule has 0 radical (unpaired) electrons. The average molecular weight is 534 g/mol. The molecular formula is C27H24ClN5OS2. The Morgan fingerprint density at radius 2 is 1.81 bits per heavy atom. The number of rotatable bonds is 6. The van der Waals surface area contributed by atoms with Gasteiger partial charge in [0, 0.05) is 15.8 Å². The number of aromatic nitrogens is 3. The van der Waals surface area contributed by atoms with Gasteiger partial charge in [-0.15, -0.1) is 21.5 Å². The van der Waals surface area contributed by atoms with E-state index in [1.54, 1.807) is 4.80 Å². The molecule has 5 rings (SSSR count). The van der Waals surface area contributed by atoms with Gasteiger partial charge in [0.15, 0.2) is 5.11 Å². The van der Waals surface area contributed by atoms with Crippen molar-refractivity contribution in [2.75, 3.05) is 5.32 Å². The van der Waals surface area contributed by atoms with Crippen LogP contribution in [0.5, 0.6) is 0 Å². The summed E-state index contributed by atoms with van der Waals surface area (Å²) in [5.41, 5.74) is 5.40. The Hall–Kier alpha value is -3.33. The summed E-state index contributed by atoms with van der Waals surface area (Å²) in [6.45, 7) is 4.15. The average Bonchev–Trinajstić information content (AvgIpc) is 3.44. The van der Waals surface area contributed by atoms with E-state index in [0.29, 0.717) is 9.90 Å². The first-order chi connectivity index (χ1) is 17.4. The van der Waals surface area contributed by atoms with E-state index in [4.69, 9.17) is 23.8 Å². The SMILES string of the molecule is CCCCc1ccc(-n2nc3cc(C)c(NC(=S)NC(=O)c4sc5ccccc5c4Cl)cc3n2)cc1. The number of unbranched alkanes of at least 4 members (excludes halogenated alkanes) is 1. The van der Waals surface area contributed by atoms with Gasteiger partial charge in [-0.2, -0.15) is 4.80 Å². The highest BCUT2D eigenvalue weighted by molar-refractivity contribution is 7.80. The maximum absolute atomic E-state index is 12.8. The van der Waals surface area contributed by atoms with Gasteiger partial charge in [0.05, 0.1) is 10.7 Å². The molecule has 2 aromatic heterocycles. The Labute approximate surface area is 223 Å². The number of aryl methyl sites for hydroxylation is 2. The van der Waals surface area contributed by atoms with Crippen LogP contribution in [0.3, 0.4) is 0 Å². The second-order valence-electron chi connectivity index (χ2n) is 8.56. The summed E-state index contributed by atoms with van der Waals surface area (Å²) in [4.78, 5) is 14.9. The van der Waals surface area contributed by atoms with Crippen molar-refractivity contribution in [2.24, 2.45) is 0 Å². The van der Waals surface area contributed by atoms with Crippen LogP contribution >= 0.6 is 35.2 Å². The fourth-order valence-corrected chi connectivity index (χ4v) is 5.58. The molecule has 0 atom stereocenters. The number of amides is 1. The van der Waals surface area contributed by atoms with Gasteiger partial charge in [0.2, 0.25) is 0 Å². The van der Waals surface area contributed by atoms with E-state index in [9.17, 15) is 4.79 Å². The largest absolute Gasteiger partial charge is 0.332 e. The molecule has 0 saturated carbocycles. The first kappa shape index (κ1) is 24.4. The summed E-state index contributed by atoms with van der Waals surface area (Å²) in [5, 5.41) is 16.6. The summed E-state index contributed by atoms with van der Waals surface area (Å²) in [5.74, 6) is -0.342. The van der Waals surface area contributed by atoms with Crippen LogP contribution in [-0.4, -0.2) is 26.0 Å². The van der Waals surface area contributed by atoms with E-state index in [-0.39, 0.29) is 11.0 Å². The lowest BCUT2D eigenvalue weighted by molar-refractivity contribution is 0.0982. The van der Waals surface area contributed by atoms with Crippen molar-refractivity contribution in [3.63, 3.8) is 0 Å². The second kappa shape index (κ2) is 10.3. The standard InChI is InChI=1S/C27H24ClN5OS2/c1-3-4-7-17-10-12-18(13-11-17)33-31-21-14-16(2)20(15-22(21)32-33)29-27(35)30-26(34)25-24(28)19-8-5-6-9-23(19)36-25/h5-6,8-15H,3-4,7H2,1-2H3,(H2,29,30,34,35). The second-order valence-corrected chi connectivity index (χ2v) is 10.4. The van der Waals surface area contributed by atoms with Gasteiger partial charge in [-0.05, 0) is 73.4 Å². The lowest BCUT2D eigenvalue weighted by Crippen LogP contribution is -2.34. The molecule has 0 fully saturated rings. The van der Waals surface area contributed by atoms with E-state index >= 15 is 0 Å². The maximum atomic E-state index is 12.8. The molecule has 0 spiro atoms. The first-order valence-corrected chi connectivity index (χ1v) is 13.3. The van der Waals surface area contributed by atoms with Crippen molar-refractivity contribution in [1.82, 2.24) is 20.3 Å². The summed E-state index contributed by atoms with van der Waals surface area (Å²) in [7, 11) is 0. The van der Waals surface area contributed by atoms with E-state index in [1.165, 1.54) is 29.7 Å². The molecule has 3 aromatic carbocycles. The number of halogens is 1. The van der Waals surface area contributed by atoms with Gasteiger partial charge in [0.1, 0.15) is 15.9 Å². The summed E-state index contributed by atoms with van der Waals surface area (Å²) >= 11 is 13.2. The highest BCUT2D eigenvalue weighted by atomic mass is 35.5. The zero-order chi connectivity index (χ0) is 25.2. The number of hydrogen-bond donors (Lipinski definition) is 2. The fourth-order valence-electron chi connectivity index (χ4n) is 3.97. The predicted octanol–water partition coefficient (Wildman–Crippen LogP) is 7.07. The van der Waals surface area contributed by atoms with Crippen LogP contribution in [-0.2, 0) is 6.42 Å². The van der Waals surface area contributed by atoms with E-state index in [1.807, 2.05) is 55.5 Å². The molecule has 0 unspecified atom stereocenters. The molecule has 36 heavy (non-hydrogen) atoms. The molecule has 6 nitrogen and oxygen atoms in total. The van der Waals surface area contributed by atoms with Crippen LogP contribution in [0.2, 0.25) is 5.02 Å². The number of hydrogen-bond acceptors (Lipinski definition) is 5. The topological polar surface area (TPSA) is 71.8 Å². The van der Waals surface area contributed by atoms with Gasteiger partial charge in [0.25, 0.3) is 5.91 Å². The Morgan fingerprint density at radius 3 is 2.53 bits per heavy atom. The monoisotopic (exact) mass is 533 g/mol. The first-order valence-electron chi connectivity index (χ1n) is 11.7. The zero-order valence-corrected chi connectivity index (χ0v) is 22.2. The van der Waals surface area contributed by atoms with Crippen molar-refractivity contribution in [1.29, 1.82) is 0 Å². The fraction of sp³-hybridized carbons (Fsp3) is 0.185. The Kier molecular flexibility index (Phi) is 7.00. The van der Waals surface area contributed by atoms with Gasteiger partial charge in [-0.3, -0.25) is 10.1 Å². The lowest BCUT2D eigenvalue weighted by Gasteiger charge is -2.11. The lowest BCUT2D eigenvalue weighted by atomic mass is 10.1. The third-order valence-electron chi connectivity index (χ3n) is 5.93. The third kappa shape index (κ3) is 4.97. The summed E-state index contributed by atoms with van der Waals surface area (Å²) < 4.78 is 0.950. The molecule has 2 heterocycles. The minimum atomic E-state index is -0.342. The van der Waals surface area contributed by atoms with Crippen LogP contribution in [0, 0.1) is 6.92 Å². The van der Waals surface area contributed by atoms with Gasteiger partial charge in [-0.1, -0.05) is 55.3 Å². The minimum Gasteiger partial charge on any atom is -0.332 e. The molecule has 2 N–H and O–H groups in total. The number of fused-ring (bicyclic) bond motifs is 2. The predicted molar refractivity (Wildman–Crippen MR) is 153 cm³/mol. The molecule has 182 valence electrons. The quantitative estimate of drug-likeness (QED) is 0.228. The highest BCUT2D eigenvalue weighted by Gasteiger charge is 2.18. The molecular weight excluding hydrogens is 510 g/mol. The molecule has 0 saturated heterocycles. The van der Waals surface area contributed by atoms with Crippen molar-refractivity contribution in [3.8, 4) is 5.69 Å². The summed E-state index contributed by atoms with van der Waals surface area (Å²) in [6, 6.07) is 19.8. The van der Waals surface area contributed by atoms with Crippen LogP contribution in [0.25, 0.3) is 26.8 Å². The molecule has 0 bridgehead atoms. The van der Waals surface area contributed by atoms with Crippen LogP contribution < -0.4 is 10.6 Å². The summed E-state index contributed by atoms with van der Waals surface area (Å²) in [6.07, 6.45) is 3.43. The van der Waals surface area contributed by atoms with Crippen molar-refractivity contribution in [3.05, 3.63) is 81.7 Å². The number of thiophene rings is 1. The number of benzene rings is 3. The van der Waals surface area contributed by atoms with Gasteiger partial charge in [-0.25, -0.2) is 0 Å². The van der Waals surface area contributed by atoms with Crippen LogP contribution in [0.1, 0.15) is 40.6 Å². The van der Waals surface area contributed by atoms with Crippen LogP contribution in [0.4, 0.5) is 5.69 Å². The van der Waals surface area contributed by atoms with E-state index in [0.717, 1.165) is 44.5 Å². The zero-order valence-electron chi connectivity index (χ0n) is 19.8. The Morgan fingerprint density at radius 1 is 1.08 bits per heavy atom. The Balaban J connectivity index is 1.32. The number of thiocarbonyl (C=S) groups is 1. The Bertz CT molecular complexity index is 1590. The molecule has 0 aliphatic carbocycles. The number of anilines is 1. The van der Waals surface area contributed by atoms with Crippen LogP contribution in [0.15, 0.2) is 60.7 Å². The smallest absolute Gasteiger partial charge is 0.269 e. The molecule has 9 heteroatoms. The maximum Gasteiger partial charge on any atom is 0.269 e.